The van der Waals surface area contributed by atoms with Gasteiger partial charge in [0.1, 0.15) is 25.3 Å². The summed E-state index contributed by atoms with van der Waals surface area (Å²) in [5, 5.41) is 7.42. The number of esters is 2. The summed E-state index contributed by atoms with van der Waals surface area (Å²) in [6.07, 6.45) is 0.113. The highest BCUT2D eigenvalue weighted by Gasteiger charge is 2.66. The topological polar surface area (TPSA) is 137 Å². The Hall–Kier alpha value is -1.06. The molecule has 14 heteroatoms. The maximum atomic E-state index is 13.1. The van der Waals surface area contributed by atoms with Crippen LogP contribution < -0.4 is 5.26 Å². The van der Waals surface area contributed by atoms with Crippen LogP contribution >= 0.6 is 12.0 Å². The van der Waals surface area contributed by atoms with Crippen LogP contribution in [0.2, 0.25) is 0 Å². The number of carbonyl (C=O) groups excluding carboxylic acids is 2. The highest BCUT2D eigenvalue weighted by atomic mass is 32.2. The SMILES string of the molecule is O=C(OCCOC(=O)C(F)(F)SOO[O-])C1C2CC3C1OS(=O)(=O)C3C2. The van der Waals surface area contributed by atoms with Crippen LogP contribution in [0.3, 0.4) is 0 Å². The molecule has 0 aromatic carbocycles. The summed E-state index contributed by atoms with van der Waals surface area (Å²) in [5.74, 6) is -3.89. The summed E-state index contributed by atoms with van der Waals surface area (Å²) in [7, 11) is -3.67. The lowest BCUT2D eigenvalue weighted by atomic mass is 9.86. The van der Waals surface area contributed by atoms with E-state index in [0.29, 0.717) is 12.8 Å². The predicted molar refractivity (Wildman–Crippen MR) is 73.9 cm³/mol. The zero-order valence-corrected chi connectivity index (χ0v) is 14.5. The minimum absolute atomic E-state index is 0.174. The number of hydrogen-bond donors (Lipinski definition) is 0. The molecule has 1 heterocycles. The normalized spacial score (nSPS) is 34.0. The van der Waals surface area contributed by atoms with Crippen molar-refractivity contribution in [3.8, 4) is 0 Å². The molecule has 5 unspecified atom stereocenters. The van der Waals surface area contributed by atoms with Crippen molar-refractivity contribution in [1.82, 2.24) is 0 Å². The van der Waals surface area contributed by atoms with Gasteiger partial charge in [-0.3, -0.25) is 14.0 Å². The molecule has 3 fully saturated rings. The predicted octanol–water partition coefficient (Wildman–Crippen LogP) is -0.710. The van der Waals surface area contributed by atoms with Crippen LogP contribution in [0, 0.1) is 17.8 Å². The molecular formula is C12H13F2O10S2-. The van der Waals surface area contributed by atoms with Gasteiger partial charge in [0.15, 0.2) is 0 Å². The first-order valence-electron chi connectivity index (χ1n) is 7.45. The standard InChI is InChI=1S/C12H14F2O10S2/c13-12(14,25-24-23-17)11(16)21-2-1-20-10(15)8-5-3-6-7(4-5)26(18,19)22-9(6)8/h5-9,17H,1-4H2/p-1. The minimum atomic E-state index is -4.18. The smallest absolute Gasteiger partial charge is 0.415 e. The summed E-state index contributed by atoms with van der Waals surface area (Å²) in [4.78, 5) is 23.2. The van der Waals surface area contributed by atoms with Gasteiger partial charge < -0.3 is 14.7 Å². The Morgan fingerprint density at radius 1 is 1.23 bits per heavy atom. The molecule has 10 nitrogen and oxygen atoms in total. The molecular weight excluding hydrogens is 406 g/mol. The summed E-state index contributed by atoms with van der Waals surface area (Å²) in [5.41, 5.74) is 0. The fourth-order valence-corrected chi connectivity index (χ4v) is 5.94. The molecule has 1 aliphatic heterocycles. The molecule has 0 spiro atoms. The van der Waals surface area contributed by atoms with Crippen molar-refractivity contribution < 1.29 is 55.1 Å². The Kier molecular flexibility index (Phi) is 5.43. The van der Waals surface area contributed by atoms with Gasteiger partial charge in [0, 0.05) is 5.92 Å². The van der Waals surface area contributed by atoms with E-state index < -0.39 is 69.8 Å². The zero-order chi connectivity index (χ0) is 19.1. The number of carbonyl (C=O) groups is 2. The Labute approximate surface area is 150 Å². The zero-order valence-electron chi connectivity index (χ0n) is 12.9. The molecule has 0 radical (unpaired) electrons. The molecule has 2 saturated carbocycles. The van der Waals surface area contributed by atoms with Crippen LogP contribution in [0.1, 0.15) is 12.8 Å². The van der Waals surface area contributed by atoms with Crippen molar-refractivity contribution in [3.05, 3.63) is 0 Å². The summed E-state index contributed by atoms with van der Waals surface area (Å²) < 4.78 is 67.3. The van der Waals surface area contributed by atoms with Gasteiger partial charge >= 0.3 is 17.2 Å². The van der Waals surface area contributed by atoms with Gasteiger partial charge in [-0.1, -0.05) is 0 Å². The van der Waals surface area contributed by atoms with Crippen LogP contribution in [-0.2, 0) is 42.7 Å². The second-order valence-electron chi connectivity index (χ2n) is 6.05. The molecule has 5 atom stereocenters. The minimum Gasteiger partial charge on any atom is -0.691 e. The van der Waals surface area contributed by atoms with Gasteiger partial charge in [-0.05, 0) is 18.8 Å². The van der Waals surface area contributed by atoms with Crippen molar-refractivity contribution in [3.63, 3.8) is 0 Å². The molecule has 26 heavy (non-hydrogen) atoms. The van der Waals surface area contributed by atoms with Crippen LogP contribution in [0.4, 0.5) is 8.78 Å². The molecule has 0 amide bonds. The highest BCUT2D eigenvalue weighted by Crippen LogP contribution is 2.57. The number of rotatable bonds is 8. The first kappa shape index (κ1) is 19.7. The van der Waals surface area contributed by atoms with Crippen LogP contribution in [0.25, 0.3) is 0 Å². The molecule has 0 aromatic heterocycles. The Morgan fingerprint density at radius 3 is 2.62 bits per heavy atom. The first-order chi connectivity index (χ1) is 12.2. The van der Waals surface area contributed by atoms with E-state index in [0.717, 1.165) is 0 Å². The molecule has 1 saturated heterocycles. The van der Waals surface area contributed by atoms with E-state index in [9.17, 15) is 32.0 Å². The number of halogens is 2. The van der Waals surface area contributed by atoms with Crippen molar-refractivity contribution in [1.29, 1.82) is 0 Å². The summed E-state index contributed by atoms with van der Waals surface area (Å²) in [6, 6.07) is 0. The number of hydrogen-bond acceptors (Lipinski definition) is 11. The lowest BCUT2D eigenvalue weighted by Crippen LogP contribution is -2.36. The largest absolute Gasteiger partial charge is 0.691 e. The lowest BCUT2D eigenvalue weighted by molar-refractivity contribution is -0.777. The fraction of sp³-hybridized carbons (Fsp3) is 0.833. The van der Waals surface area contributed by atoms with Crippen molar-refractivity contribution in [2.45, 2.75) is 29.5 Å². The summed E-state index contributed by atoms with van der Waals surface area (Å²) in [6.45, 7) is -1.16. The third-order valence-corrected chi connectivity index (χ3v) is 7.00. The van der Waals surface area contributed by atoms with E-state index in [2.05, 4.69) is 14.1 Å². The van der Waals surface area contributed by atoms with Gasteiger partial charge in [0.05, 0.1) is 17.3 Å². The Morgan fingerprint density at radius 2 is 1.92 bits per heavy atom. The number of ether oxygens (including phenoxy) is 2. The third-order valence-electron chi connectivity index (χ3n) is 4.72. The summed E-state index contributed by atoms with van der Waals surface area (Å²) >= 11 is -0.836. The number of alkyl halides is 2. The molecule has 3 rings (SSSR count). The van der Waals surface area contributed by atoms with Crippen LogP contribution in [-0.4, -0.2) is 50.2 Å². The van der Waals surface area contributed by atoms with Gasteiger partial charge in [-0.2, -0.15) is 21.5 Å². The molecule has 2 bridgehead atoms. The van der Waals surface area contributed by atoms with Gasteiger partial charge in [-0.25, -0.2) is 4.79 Å². The molecule has 2 aliphatic carbocycles. The maximum Gasteiger partial charge on any atom is 0.415 e. The molecule has 0 aromatic rings. The van der Waals surface area contributed by atoms with Crippen LogP contribution in [0.15, 0.2) is 0 Å². The van der Waals surface area contributed by atoms with Crippen molar-refractivity contribution in [2.75, 3.05) is 13.2 Å². The lowest BCUT2D eigenvalue weighted by Gasteiger charge is -2.23. The van der Waals surface area contributed by atoms with E-state index in [1.165, 1.54) is 0 Å². The van der Waals surface area contributed by atoms with Crippen molar-refractivity contribution >= 4 is 34.1 Å². The Bertz CT molecular complexity index is 683. The fourth-order valence-electron chi connectivity index (χ4n) is 3.81. The average molecular weight is 419 g/mol. The second-order valence-corrected chi connectivity index (χ2v) is 8.65. The first-order valence-corrected chi connectivity index (χ1v) is 9.67. The van der Waals surface area contributed by atoms with Gasteiger partial charge in [0.25, 0.3) is 10.1 Å². The molecule has 3 aliphatic rings. The van der Waals surface area contributed by atoms with E-state index in [1.54, 1.807) is 0 Å². The highest BCUT2D eigenvalue weighted by molar-refractivity contribution is 7.96. The number of fused-ring (bicyclic) bond motifs is 1. The van der Waals surface area contributed by atoms with Gasteiger partial charge in [-0.15, -0.1) is 0 Å². The maximum absolute atomic E-state index is 13.1. The average Bonchev–Trinajstić information content (AvgIpc) is 3.18. The molecule has 148 valence electrons. The quantitative estimate of drug-likeness (QED) is 0.123. The van der Waals surface area contributed by atoms with Crippen LogP contribution in [0.5, 0.6) is 0 Å². The van der Waals surface area contributed by atoms with Crippen molar-refractivity contribution in [2.24, 2.45) is 17.8 Å². The third kappa shape index (κ3) is 3.53. The Balaban J connectivity index is 1.44. The van der Waals surface area contributed by atoms with E-state index in [-0.39, 0.29) is 11.8 Å². The monoisotopic (exact) mass is 419 g/mol. The van der Waals surface area contributed by atoms with Gasteiger partial charge in [0.2, 0.25) is 0 Å². The second kappa shape index (κ2) is 7.16. The van der Waals surface area contributed by atoms with E-state index >= 15 is 0 Å². The van der Waals surface area contributed by atoms with E-state index in [4.69, 9.17) is 8.92 Å². The van der Waals surface area contributed by atoms with E-state index in [1.807, 2.05) is 0 Å². The molecule has 0 N–H and O–H groups in total.